The number of nitrogens with two attached hydrogens (primary N) is 1. The molecule has 1 aromatic carbocycles. The number of fused-ring (bicyclic) bond motifs is 1. The average Bonchev–Trinajstić information content (AvgIpc) is 3.15. The molecule has 0 fully saturated rings. The predicted molar refractivity (Wildman–Crippen MR) is 83.9 cm³/mol. The summed E-state index contributed by atoms with van der Waals surface area (Å²) in [6.45, 7) is 0.477. The van der Waals surface area contributed by atoms with Crippen molar-refractivity contribution >= 4 is 28.1 Å². The van der Waals surface area contributed by atoms with Crippen molar-refractivity contribution in [2.45, 2.75) is 19.0 Å². The van der Waals surface area contributed by atoms with Gasteiger partial charge in [-0.05, 0) is 18.1 Å². The van der Waals surface area contributed by atoms with E-state index in [4.69, 9.17) is 5.73 Å². The van der Waals surface area contributed by atoms with E-state index in [1.54, 1.807) is 11.7 Å². The molecule has 3 rings (SSSR count). The molecule has 0 saturated carbocycles. The molecule has 4 N–H and O–H groups in total. The predicted octanol–water partition coefficient (Wildman–Crippen LogP) is 1.81. The van der Waals surface area contributed by atoms with Gasteiger partial charge >= 0.3 is 0 Å². The summed E-state index contributed by atoms with van der Waals surface area (Å²) in [6, 6.07) is 7.44. The number of carbonyl (C=O) groups is 1. The molecule has 2 aromatic heterocycles. The molecule has 108 valence electrons. The molecule has 1 amide bonds. The van der Waals surface area contributed by atoms with E-state index in [0.717, 1.165) is 21.3 Å². The van der Waals surface area contributed by atoms with E-state index in [0.29, 0.717) is 13.0 Å². The Balaban J connectivity index is 1.62. The lowest BCUT2D eigenvalue weighted by Gasteiger charge is -2.11. The summed E-state index contributed by atoms with van der Waals surface area (Å²) in [4.78, 5) is 20.2. The van der Waals surface area contributed by atoms with Crippen LogP contribution in [0.5, 0.6) is 0 Å². The first-order chi connectivity index (χ1) is 10.2. The molecule has 0 aliphatic rings. The van der Waals surface area contributed by atoms with Crippen molar-refractivity contribution in [1.82, 2.24) is 15.3 Å². The van der Waals surface area contributed by atoms with Crippen LogP contribution in [0.2, 0.25) is 0 Å². The summed E-state index contributed by atoms with van der Waals surface area (Å²) in [7, 11) is 0. The fourth-order valence-electron chi connectivity index (χ4n) is 2.26. The van der Waals surface area contributed by atoms with Crippen LogP contribution in [0.4, 0.5) is 0 Å². The maximum Gasteiger partial charge on any atom is 0.237 e. The van der Waals surface area contributed by atoms with Crippen LogP contribution < -0.4 is 11.1 Å². The van der Waals surface area contributed by atoms with Gasteiger partial charge in [-0.3, -0.25) is 9.78 Å². The van der Waals surface area contributed by atoms with E-state index in [-0.39, 0.29) is 5.91 Å². The zero-order chi connectivity index (χ0) is 14.7. The van der Waals surface area contributed by atoms with Crippen LogP contribution in [0.1, 0.15) is 10.4 Å². The van der Waals surface area contributed by atoms with Crippen molar-refractivity contribution in [3.63, 3.8) is 0 Å². The molecule has 0 saturated heterocycles. The minimum Gasteiger partial charge on any atom is -0.361 e. The van der Waals surface area contributed by atoms with Crippen molar-refractivity contribution in [2.75, 3.05) is 0 Å². The van der Waals surface area contributed by atoms with Crippen LogP contribution in [-0.2, 0) is 17.8 Å². The maximum absolute atomic E-state index is 12.0. The minimum absolute atomic E-state index is 0.145. The first kappa shape index (κ1) is 13.8. The minimum atomic E-state index is -0.558. The van der Waals surface area contributed by atoms with Gasteiger partial charge in [-0.15, -0.1) is 11.3 Å². The molecule has 0 aliphatic heterocycles. The lowest BCUT2D eigenvalue weighted by atomic mass is 10.1. The number of benzene rings is 1. The summed E-state index contributed by atoms with van der Waals surface area (Å²) >= 11 is 1.51. The Labute approximate surface area is 126 Å². The van der Waals surface area contributed by atoms with Crippen LogP contribution in [0, 0.1) is 0 Å². The standard InChI is InChI=1S/C15H16N4OS/c16-13(15(20)19-8-11-7-17-9-21-11)5-10-6-18-14-4-2-1-3-12(10)14/h1-4,6-7,9,13,18H,5,8,16H2,(H,19,20). The largest absolute Gasteiger partial charge is 0.361 e. The number of nitrogens with one attached hydrogen (secondary N) is 2. The Kier molecular flexibility index (Phi) is 3.98. The van der Waals surface area contributed by atoms with Crippen LogP contribution in [0.3, 0.4) is 0 Å². The summed E-state index contributed by atoms with van der Waals surface area (Å²) in [6.07, 6.45) is 4.18. The van der Waals surface area contributed by atoms with E-state index < -0.39 is 6.04 Å². The number of aromatic nitrogens is 2. The third-order valence-electron chi connectivity index (χ3n) is 3.37. The number of nitrogens with zero attached hydrogens (tertiary/aromatic N) is 1. The summed E-state index contributed by atoms with van der Waals surface area (Å²) in [5, 5.41) is 3.96. The van der Waals surface area contributed by atoms with E-state index in [2.05, 4.69) is 15.3 Å². The molecule has 6 heteroatoms. The molecular weight excluding hydrogens is 284 g/mol. The van der Waals surface area contributed by atoms with Gasteiger partial charge in [0.15, 0.2) is 0 Å². The van der Waals surface area contributed by atoms with Gasteiger partial charge < -0.3 is 16.0 Å². The lowest BCUT2D eigenvalue weighted by Crippen LogP contribution is -2.41. The van der Waals surface area contributed by atoms with Crippen molar-refractivity contribution in [3.05, 3.63) is 52.6 Å². The highest BCUT2D eigenvalue weighted by molar-refractivity contribution is 7.09. The van der Waals surface area contributed by atoms with Gasteiger partial charge in [-0.1, -0.05) is 18.2 Å². The highest BCUT2D eigenvalue weighted by atomic mass is 32.1. The number of thiazole rings is 1. The monoisotopic (exact) mass is 300 g/mol. The summed E-state index contributed by atoms with van der Waals surface area (Å²) in [5.74, 6) is -0.145. The van der Waals surface area contributed by atoms with Gasteiger partial charge in [0.25, 0.3) is 0 Å². The fourth-order valence-corrected chi connectivity index (χ4v) is 2.80. The maximum atomic E-state index is 12.0. The number of H-pyrrole nitrogens is 1. The molecule has 1 atom stereocenters. The SMILES string of the molecule is NC(Cc1c[nH]c2ccccc12)C(=O)NCc1cncs1. The van der Waals surface area contributed by atoms with Crippen molar-refractivity contribution in [2.24, 2.45) is 5.73 Å². The van der Waals surface area contributed by atoms with E-state index in [1.165, 1.54) is 11.3 Å². The van der Waals surface area contributed by atoms with Gasteiger partial charge in [0.2, 0.25) is 5.91 Å². The molecule has 0 radical (unpaired) electrons. The van der Waals surface area contributed by atoms with Crippen molar-refractivity contribution < 1.29 is 4.79 Å². The number of carbonyl (C=O) groups excluding carboxylic acids is 1. The fraction of sp³-hybridized carbons (Fsp3) is 0.200. The first-order valence-corrected chi connectivity index (χ1v) is 7.57. The van der Waals surface area contributed by atoms with Crippen LogP contribution in [0.15, 0.2) is 42.2 Å². The quantitative estimate of drug-likeness (QED) is 0.672. The Morgan fingerprint density at radius 3 is 3.10 bits per heavy atom. The molecular formula is C15H16N4OS. The zero-order valence-electron chi connectivity index (χ0n) is 11.4. The second-order valence-corrected chi connectivity index (χ2v) is 5.83. The smallest absolute Gasteiger partial charge is 0.237 e. The second-order valence-electron chi connectivity index (χ2n) is 4.86. The molecule has 1 unspecified atom stereocenters. The van der Waals surface area contributed by atoms with Crippen molar-refractivity contribution in [1.29, 1.82) is 0 Å². The van der Waals surface area contributed by atoms with Crippen LogP contribution in [0.25, 0.3) is 10.9 Å². The highest BCUT2D eigenvalue weighted by Crippen LogP contribution is 2.18. The Morgan fingerprint density at radius 1 is 1.43 bits per heavy atom. The van der Waals surface area contributed by atoms with Crippen molar-refractivity contribution in [3.8, 4) is 0 Å². The lowest BCUT2D eigenvalue weighted by molar-refractivity contribution is -0.122. The van der Waals surface area contributed by atoms with E-state index in [1.807, 2.05) is 30.5 Å². The second kappa shape index (κ2) is 6.07. The third-order valence-corrected chi connectivity index (χ3v) is 4.15. The number of amides is 1. The van der Waals surface area contributed by atoms with Gasteiger partial charge in [-0.2, -0.15) is 0 Å². The molecule has 0 bridgehead atoms. The average molecular weight is 300 g/mol. The Bertz CT molecular complexity index is 735. The van der Waals surface area contributed by atoms with Crippen LogP contribution in [-0.4, -0.2) is 21.9 Å². The summed E-state index contributed by atoms with van der Waals surface area (Å²) in [5.41, 5.74) is 9.87. The Morgan fingerprint density at radius 2 is 2.29 bits per heavy atom. The van der Waals surface area contributed by atoms with Crippen LogP contribution >= 0.6 is 11.3 Å². The zero-order valence-corrected chi connectivity index (χ0v) is 12.2. The number of hydrogen-bond donors (Lipinski definition) is 3. The first-order valence-electron chi connectivity index (χ1n) is 6.69. The number of rotatable bonds is 5. The highest BCUT2D eigenvalue weighted by Gasteiger charge is 2.16. The summed E-state index contributed by atoms with van der Waals surface area (Å²) < 4.78 is 0. The number of hydrogen-bond acceptors (Lipinski definition) is 4. The normalized spacial score (nSPS) is 12.4. The third kappa shape index (κ3) is 3.12. The molecule has 21 heavy (non-hydrogen) atoms. The molecule has 5 nitrogen and oxygen atoms in total. The van der Waals surface area contributed by atoms with E-state index >= 15 is 0 Å². The number of aromatic amines is 1. The van der Waals surface area contributed by atoms with Gasteiger partial charge in [0.1, 0.15) is 0 Å². The molecule has 0 spiro atoms. The molecule has 3 aromatic rings. The molecule has 2 heterocycles. The van der Waals surface area contributed by atoms with E-state index in [9.17, 15) is 4.79 Å². The number of para-hydroxylation sites is 1. The topological polar surface area (TPSA) is 83.8 Å². The van der Waals surface area contributed by atoms with Gasteiger partial charge in [0, 0.05) is 28.2 Å². The van der Waals surface area contributed by atoms with Gasteiger partial charge in [0.05, 0.1) is 18.1 Å². The molecule has 0 aliphatic carbocycles. The van der Waals surface area contributed by atoms with Gasteiger partial charge in [-0.25, -0.2) is 0 Å². The Hall–Kier alpha value is -2.18.